The third kappa shape index (κ3) is 5.00. The van der Waals surface area contributed by atoms with Crippen LogP contribution in [-0.2, 0) is 18.7 Å². The number of rotatable bonds is 6. The zero-order valence-corrected chi connectivity index (χ0v) is 23.3. The average molecular weight is 548 g/mol. The van der Waals surface area contributed by atoms with Gasteiger partial charge < -0.3 is 9.64 Å². The second-order valence-corrected chi connectivity index (χ2v) is 10.9. The molecule has 0 aliphatic carbocycles. The minimum atomic E-state index is -0.184. The number of aryl methyl sites for hydroxylation is 1. The zero-order chi connectivity index (χ0) is 27.6. The van der Waals surface area contributed by atoms with Crippen molar-refractivity contribution in [1.82, 2.24) is 14.5 Å². The van der Waals surface area contributed by atoms with Crippen molar-refractivity contribution >= 4 is 28.6 Å². The highest BCUT2D eigenvalue weighted by molar-refractivity contribution is 7.98. The van der Waals surface area contributed by atoms with Crippen LogP contribution in [-0.4, -0.2) is 34.0 Å². The molecule has 7 heteroatoms. The van der Waals surface area contributed by atoms with Crippen LogP contribution < -0.4 is 10.3 Å². The number of aromatic nitrogens is 2. The van der Waals surface area contributed by atoms with Gasteiger partial charge in [-0.2, -0.15) is 0 Å². The van der Waals surface area contributed by atoms with Crippen molar-refractivity contribution in [1.29, 1.82) is 0 Å². The lowest BCUT2D eigenvalue weighted by Crippen LogP contribution is -2.36. The molecule has 1 amide bonds. The summed E-state index contributed by atoms with van der Waals surface area (Å²) in [6.07, 6.45) is 0.832. The maximum absolute atomic E-state index is 13.9. The lowest BCUT2D eigenvalue weighted by molar-refractivity contribution is 0.0735. The SMILES string of the molecule is COc1cccc(-n2c(SCc3ccccc3C)nc3cc(C(=O)N4CCc5ccccc5C4)ccc3c2=O)c1. The molecule has 1 aliphatic heterocycles. The first-order valence-electron chi connectivity index (χ1n) is 13.3. The molecule has 1 aromatic heterocycles. The lowest BCUT2D eigenvalue weighted by Gasteiger charge is -2.29. The van der Waals surface area contributed by atoms with Crippen LogP contribution in [0.15, 0.2) is 101 Å². The van der Waals surface area contributed by atoms with E-state index in [2.05, 4.69) is 31.2 Å². The molecule has 0 unspecified atom stereocenters. The maximum atomic E-state index is 13.9. The molecule has 6 nitrogen and oxygen atoms in total. The molecule has 0 radical (unpaired) electrons. The number of amides is 1. The standard InChI is InChI=1S/C33H29N3O3S/c1-22-8-3-4-11-26(22)21-40-33-34-30-18-24(31(37)35-17-16-23-9-5-6-10-25(23)20-35)14-15-29(30)32(38)36(33)27-12-7-13-28(19-27)39-2/h3-15,18-19H,16-17,20-21H2,1-2H3. The number of hydrogen-bond donors (Lipinski definition) is 0. The normalized spacial score (nSPS) is 12.8. The van der Waals surface area contributed by atoms with E-state index in [1.165, 1.54) is 34.0 Å². The van der Waals surface area contributed by atoms with Crippen LogP contribution in [0.25, 0.3) is 16.6 Å². The van der Waals surface area contributed by atoms with Crippen LogP contribution >= 0.6 is 11.8 Å². The van der Waals surface area contributed by atoms with Gasteiger partial charge in [0.05, 0.1) is 23.7 Å². The Morgan fingerprint density at radius 3 is 2.58 bits per heavy atom. The Bertz CT molecular complexity index is 1800. The van der Waals surface area contributed by atoms with Gasteiger partial charge in [0.1, 0.15) is 5.75 Å². The molecule has 0 atom stereocenters. The molecule has 0 saturated carbocycles. The van der Waals surface area contributed by atoms with E-state index in [1.807, 2.05) is 53.4 Å². The molecule has 0 N–H and O–H groups in total. The Kier molecular flexibility index (Phi) is 7.13. The van der Waals surface area contributed by atoms with Crippen LogP contribution in [0.3, 0.4) is 0 Å². The van der Waals surface area contributed by atoms with Crippen molar-refractivity contribution in [2.45, 2.75) is 30.8 Å². The molecule has 1 aliphatic rings. The first-order chi connectivity index (χ1) is 19.5. The summed E-state index contributed by atoms with van der Waals surface area (Å²) in [6.45, 7) is 3.32. The van der Waals surface area contributed by atoms with Gasteiger partial charge >= 0.3 is 0 Å². The van der Waals surface area contributed by atoms with Gasteiger partial charge in [-0.15, -0.1) is 0 Å². The fraction of sp³-hybridized carbons (Fsp3) is 0.182. The minimum absolute atomic E-state index is 0.0516. The van der Waals surface area contributed by atoms with Gasteiger partial charge in [0.25, 0.3) is 11.5 Å². The molecule has 0 fully saturated rings. The number of carbonyl (C=O) groups excluding carboxylic acids is 1. The van der Waals surface area contributed by atoms with E-state index < -0.39 is 0 Å². The van der Waals surface area contributed by atoms with E-state index in [9.17, 15) is 9.59 Å². The number of thioether (sulfide) groups is 1. The van der Waals surface area contributed by atoms with Crippen LogP contribution in [0.4, 0.5) is 0 Å². The van der Waals surface area contributed by atoms with Gasteiger partial charge in [-0.25, -0.2) is 4.98 Å². The molecule has 4 aromatic carbocycles. The van der Waals surface area contributed by atoms with Crippen molar-refractivity contribution in [3.05, 3.63) is 129 Å². The average Bonchev–Trinajstić information content (AvgIpc) is 3.00. The maximum Gasteiger partial charge on any atom is 0.266 e. The smallest absolute Gasteiger partial charge is 0.266 e. The second kappa shape index (κ2) is 11.0. The van der Waals surface area contributed by atoms with E-state index in [0.717, 1.165) is 6.42 Å². The summed E-state index contributed by atoms with van der Waals surface area (Å²) in [4.78, 5) is 34.3. The largest absolute Gasteiger partial charge is 0.497 e. The molecule has 6 rings (SSSR count). The van der Waals surface area contributed by atoms with Gasteiger partial charge in [0.15, 0.2) is 5.16 Å². The van der Waals surface area contributed by atoms with Crippen molar-refractivity contribution in [2.75, 3.05) is 13.7 Å². The summed E-state index contributed by atoms with van der Waals surface area (Å²) in [5, 5.41) is 1.02. The minimum Gasteiger partial charge on any atom is -0.497 e. The number of ether oxygens (including phenoxy) is 1. The molecule has 0 saturated heterocycles. The topological polar surface area (TPSA) is 64.4 Å². The van der Waals surface area contributed by atoms with E-state index >= 15 is 0 Å². The van der Waals surface area contributed by atoms with Crippen LogP contribution in [0.5, 0.6) is 5.75 Å². The highest BCUT2D eigenvalue weighted by Crippen LogP contribution is 2.28. The predicted octanol–water partition coefficient (Wildman–Crippen LogP) is 6.19. The first kappa shape index (κ1) is 25.9. The van der Waals surface area contributed by atoms with Gasteiger partial charge in [0, 0.05) is 30.5 Å². The first-order valence-corrected chi connectivity index (χ1v) is 14.2. The number of benzene rings is 4. The number of nitrogens with zero attached hydrogens (tertiary/aromatic N) is 3. The lowest BCUT2D eigenvalue weighted by atomic mass is 9.99. The van der Waals surface area contributed by atoms with E-state index in [-0.39, 0.29) is 11.5 Å². The Hall–Kier alpha value is -4.36. The molecular weight excluding hydrogens is 518 g/mol. The van der Waals surface area contributed by atoms with Crippen LogP contribution in [0.2, 0.25) is 0 Å². The highest BCUT2D eigenvalue weighted by Gasteiger charge is 2.23. The number of hydrogen-bond acceptors (Lipinski definition) is 5. The fourth-order valence-electron chi connectivity index (χ4n) is 5.14. The monoisotopic (exact) mass is 547 g/mol. The summed E-state index contributed by atoms with van der Waals surface area (Å²) in [6, 6.07) is 29.1. The molecule has 200 valence electrons. The Labute approximate surface area is 237 Å². The number of methoxy groups -OCH3 is 1. The van der Waals surface area contributed by atoms with Crippen molar-refractivity contribution in [2.24, 2.45) is 0 Å². The third-order valence-corrected chi connectivity index (χ3v) is 8.42. The van der Waals surface area contributed by atoms with Crippen molar-refractivity contribution < 1.29 is 9.53 Å². The number of carbonyl (C=O) groups is 1. The summed E-state index contributed by atoms with van der Waals surface area (Å²) < 4.78 is 7.06. The Balaban J connectivity index is 1.40. The van der Waals surface area contributed by atoms with Gasteiger partial charge in [-0.05, 0) is 65.9 Å². The van der Waals surface area contributed by atoms with Gasteiger partial charge in [-0.3, -0.25) is 14.2 Å². The Morgan fingerprint density at radius 1 is 0.950 bits per heavy atom. The van der Waals surface area contributed by atoms with E-state index in [1.54, 1.807) is 29.9 Å². The summed E-state index contributed by atoms with van der Waals surface area (Å²) in [7, 11) is 1.61. The summed E-state index contributed by atoms with van der Waals surface area (Å²) in [5.41, 5.74) is 6.37. The second-order valence-electron chi connectivity index (χ2n) is 9.93. The fourth-order valence-corrected chi connectivity index (χ4v) is 6.23. The van der Waals surface area contributed by atoms with Gasteiger partial charge in [0.2, 0.25) is 0 Å². The third-order valence-electron chi connectivity index (χ3n) is 7.43. The molecule has 0 bridgehead atoms. The summed E-state index contributed by atoms with van der Waals surface area (Å²) >= 11 is 1.50. The quantitative estimate of drug-likeness (QED) is 0.187. The molecular formula is C33H29N3O3S. The zero-order valence-electron chi connectivity index (χ0n) is 22.5. The van der Waals surface area contributed by atoms with Crippen molar-refractivity contribution in [3.8, 4) is 11.4 Å². The Morgan fingerprint density at radius 2 is 1.75 bits per heavy atom. The predicted molar refractivity (Wildman–Crippen MR) is 160 cm³/mol. The number of fused-ring (bicyclic) bond motifs is 2. The van der Waals surface area contributed by atoms with Crippen LogP contribution in [0.1, 0.15) is 32.6 Å². The molecule has 0 spiro atoms. The summed E-state index contributed by atoms with van der Waals surface area (Å²) in [5.74, 6) is 1.26. The molecule has 2 heterocycles. The van der Waals surface area contributed by atoms with Gasteiger partial charge in [-0.1, -0.05) is 66.4 Å². The highest BCUT2D eigenvalue weighted by atomic mass is 32.2. The molecule has 5 aromatic rings. The van der Waals surface area contributed by atoms with E-state index in [4.69, 9.17) is 9.72 Å². The van der Waals surface area contributed by atoms with E-state index in [0.29, 0.717) is 51.9 Å². The van der Waals surface area contributed by atoms with Crippen LogP contribution in [0, 0.1) is 6.92 Å². The van der Waals surface area contributed by atoms with Crippen molar-refractivity contribution in [3.63, 3.8) is 0 Å². The molecule has 40 heavy (non-hydrogen) atoms.